The summed E-state index contributed by atoms with van der Waals surface area (Å²) in [6.45, 7) is 2.52. The first-order chi connectivity index (χ1) is 12.5. The molecule has 1 amide bonds. The lowest BCUT2D eigenvalue weighted by Gasteiger charge is -2.32. The Hall–Kier alpha value is -1.40. The second-order valence-electron chi connectivity index (χ2n) is 7.65. The fraction of sp³-hybridized carbons (Fsp3) is 0.650. The van der Waals surface area contributed by atoms with Crippen molar-refractivity contribution in [1.82, 2.24) is 9.62 Å². The molecule has 5 nitrogen and oxygen atoms in total. The highest BCUT2D eigenvalue weighted by Crippen LogP contribution is 2.25. The van der Waals surface area contributed by atoms with E-state index < -0.39 is 10.0 Å². The molecule has 0 radical (unpaired) electrons. The van der Waals surface area contributed by atoms with Crippen molar-refractivity contribution in [2.45, 2.75) is 81.7 Å². The molecule has 1 heterocycles. The summed E-state index contributed by atoms with van der Waals surface area (Å²) in [6, 6.07) is 6.71. The van der Waals surface area contributed by atoms with E-state index in [-0.39, 0.29) is 22.9 Å². The predicted molar refractivity (Wildman–Crippen MR) is 103 cm³/mol. The van der Waals surface area contributed by atoms with Gasteiger partial charge < -0.3 is 5.32 Å². The maximum atomic E-state index is 13.0. The number of nitrogens with one attached hydrogen (secondary N) is 1. The molecule has 6 heteroatoms. The van der Waals surface area contributed by atoms with Crippen LogP contribution in [0.3, 0.4) is 0 Å². The molecular formula is C20H30N2O3S. The minimum Gasteiger partial charge on any atom is -0.349 e. The van der Waals surface area contributed by atoms with E-state index in [0.717, 1.165) is 44.9 Å². The summed E-state index contributed by atoms with van der Waals surface area (Å²) in [6.07, 6.45) is 9.62. The van der Waals surface area contributed by atoms with Crippen molar-refractivity contribution < 1.29 is 13.2 Å². The van der Waals surface area contributed by atoms with Crippen LogP contribution in [0.2, 0.25) is 0 Å². The van der Waals surface area contributed by atoms with E-state index >= 15 is 0 Å². The second-order valence-corrected chi connectivity index (χ2v) is 9.54. The minimum absolute atomic E-state index is 0.0113. The Morgan fingerprint density at radius 3 is 2.42 bits per heavy atom. The van der Waals surface area contributed by atoms with Gasteiger partial charge in [0, 0.05) is 24.2 Å². The zero-order valence-electron chi connectivity index (χ0n) is 15.6. The summed E-state index contributed by atoms with van der Waals surface area (Å²) in [5.74, 6) is -0.166. The predicted octanol–water partition coefficient (Wildman–Crippen LogP) is 3.70. The molecule has 1 N–H and O–H groups in total. The number of hydrogen-bond acceptors (Lipinski definition) is 3. The number of amides is 1. The van der Waals surface area contributed by atoms with Crippen molar-refractivity contribution in [3.8, 4) is 0 Å². The number of hydrogen-bond donors (Lipinski definition) is 1. The van der Waals surface area contributed by atoms with Gasteiger partial charge >= 0.3 is 0 Å². The first-order valence-corrected chi connectivity index (χ1v) is 11.4. The highest BCUT2D eigenvalue weighted by molar-refractivity contribution is 7.89. The number of sulfonamides is 1. The number of piperidine rings is 1. The largest absolute Gasteiger partial charge is 0.349 e. The molecule has 1 unspecified atom stereocenters. The monoisotopic (exact) mass is 378 g/mol. The Morgan fingerprint density at radius 1 is 1.04 bits per heavy atom. The Kier molecular flexibility index (Phi) is 6.35. The van der Waals surface area contributed by atoms with Crippen LogP contribution >= 0.6 is 0 Å². The maximum absolute atomic E-state index is 13.0. The van der Waals surface area contributed by atoms with Crippen molar-refractivity contribution >= 4 is 15.9 Å². The fourth-order valence-electron chi connectivity index (χ4n) is 4.05. The summed E-state index contributed by atoms with van der Waals surface area (Å²) in [5.41, 5.74) is 0.431. The van der Waals surface area contributed by atoms with Gasteiger partial charge in [-0.3, -0.25) is 4.79 Å². The normalized spacial score (nSPS) is 23.3. The maximum Gasteiger partial charge on any atom is 0.251 e. The topological polar surface area (TPSA) is 66.5 Å². The molecule has 144 valence electrons. The van der Waals surface area contributed by atoms with Crippen LogP contribution in [0.1, 0.15) is 75.1 Å². The van der Waals surface area contributed by atoms with Crippen molar-refractivity contribution in [2.24, 2.45) is 0 Å². The first-order valence-electron chi connectivity index (χ1n) is 9.91. The van der Waals surface area contributed by atoms with Gasteiger partial charge in [-0.15, -0.1) is 0 Å². The van der Waals surface area contributed by atoms with E-state index in [1.165, 1.54) is 18.9 Å². The summed E-state index contributed by atoms with van der Waals surface area (Å²) < 4.78 is 27.6. The number of benzene rings is 1. The molecule has 1 saturated heterocycles. The highest BCUT2D eigenvalue weighted by atomic mass is 32.2. The standard InChI is InChI=1S/C20H30N2O3S/c1-16-9-6-7-14-22(16)26(24,25)19-13-8-10-17(15-19)20(23)21-18-11-4-2-3-5-12-18/h8,10,13,15-16,18H,2-7,9,11-12,14H2,1H3,(H,21,23). The highest BCUT2D eigenvalue weighted by Gasteiger charge is 2.31. The van der Waals surface area contributed by atoms with E-state index in [9.17, 15) is 13.2 Å². The van der Waals surface area contributed by atoms with Gasteiger partial charge in [0.25, 0.3) is 5.91 Å². The van der Waals surface area contributed by atoms with Gasteiger partial charge in [0.1, 0.15) is 0 Å². The Labute approximate surface area is 157 Å². The third-order valence-electron chi connectivity index (χ3n) is 5.64. The van der Waals surface area contributed by atoms with Crippen molar-refractivity contribution in [1.29, 1.82) is 0 Å². The first kappa shape index (κ1) is 19.4. The van der Waals surface area contributed by atoms with Crippen LogP contribution in [0.25, 0.3) is 0 Å². The summed E-state index contributed by atoms with van der Waals surface area (Å²) in [4.78, 5) is 12.8. The molecule has 0 aromatic heterocycles. The van der Waals surface area contributed by atoms with Gasteiger partial charge in [-0.1, -0.05) is 38.2 Å². The van der Waals surface area contributed by atoms with Crippen LogP contribution in [0.15, 0.2) is 29.2 Å². The molecule has 1 aliphatic heterocycles. The second kappa shape index (κ2) is 8.53. The average Bonchev–Trinajstić information content (AvgIpc) is 2.90. The van der Waals surface area contributed by atoms with Crippen LogP contribution in [-0.4, -0.2) is 37.3 Å². The molecule has 0 bridgehead atoms. The molecule has 1 aliphatic carbocycles. The quantitative estimate of drug-likeness (QED) is 0.813. The zero-order chi connectivity index (χ0) is 18.6. The number of carbonyl (C=O) groups is 1. The molecule has 1 saturated carbocycles. The fourth-order valence-corrected chi connectivity index (χ4v) is 5.80. The summed E-state index contributed by atoms with van der Waals surface area (Å²) >= 11 is 0. The third kappa shape index (κ3) is 4.46. The lowest BCUT2D eigenvalue weighted by atomic mass is 10.1. The van der Waals surface area contributed by atoms with Crippen LogP contribution in [-0.2, 0) is 10.0 Å². The van der Waals surface area contributed by atoms with Gasteiger partial charge in [-0.2, -0.15) is 4.31 Å². The lowest BCUT2D eigenvalue weighted by molar-refractivity contribution is 0.0933. The minimum atomic E-state index is -3.55. The summed E-state index contributed by atoms with van der Waals surface area (Å²) in [7, 11) is -3.55. The van der Waals surface area contributed by atoms with E-state index in [1.54, 1.807) is 22.5 Å². The van der Waals surface area contributed by atoms with Crippen LogP contribution in [0, 0.1) is 0 Å². The van der Waals surface area contributed by atoms with Crippen molar-refractivity contribution in [3.05, 3.63) is 29.8 Å². The van der Waals surface area contributed by atoms with E-state index in [4.69, 9.17) is 0 Å². The Balaban J connectivity index is 1.75. The molecule has 26 heavy (non-hydrogen) atoms. The van der Waals surface area contributed by atoms with Crippen LogP contribution in [0.5, 0.6) is 0 Å². The van der Waals surface area contributed by atoms with Crippen LogP contribution in [0.4, 0.5) is 0 Å². The number of rotatable bonds is 4. The van der Waals surface area contributed by atoms with E-state index in [0.29, 0.717) is 12.1 Å². The Bertz CT molecular complexity index is 724. The third-order valence-corrected chi connectivity index (χ3v) is 7.64. The SMILES string of the molecule is CC1CCCCN1S(=O)(=O)c1cccc(C(=O)NC2CCCCCC2)c1. The van der Waals surface area contributed by atoms with Crippen molar-refractivity contribution in [3.63, 3.8) is 0 Å². The molecule has 0 spiro atoms. The molecular weight excluding hydrogens is 348 g/mol. The smallest absolute Gasteiger partial charge is 0.251 e. The number of nitrogens with zero attached hydrogens (tertiary/aromatic N) is 1. The molecule has 1 aromatic rings. The summed E-state index contributed by atoms with van der Waals surface area (Å²) in [5, 5.41) is 3.09. The van der Waals surface area contributed by atoms with Gasteiger partial charge in [0.2, 0.25) is 10.0 Å². The molecule has 1 atom stereocenters. The van der Waals surface area contributed by atoms with Gasteiger partial charge in [-0.05, 0) is 50.8 Å². The van der Waals surface area contributed by atoms with Crippen molar-refractivity contribution in [2.75, 3.05) is 6.54 Å². The number of carbonyl (C=O) groups excluding carboxylic acids is 1. The van der Waals surface area contributed by atoms with E-state index in [2.05, 4.69) is 5.32 Å². The van der Waals surface area contributed by atoms with E-state index in [1.807, 2.05) is 6.92 Å². The average molecular weight is 379 g/mol. The Morgan fingerprint density at radius 2 is 1.73 bits per heavy atom. The van der Waals surface area contributed by atoms with Crippen LogP contribution < -0.4 is 5.32 Å². The molecule has 3 rings (SSSR count). The van der Waals surface area contributed by atoms with Gasteiger partial charge in [-0.25, -0.2) is 8.42 Å². The zero-order valence-corrected chi connectivity index (χ0v) is 16.4. The van der Waals surface area contributed by atoms with Gasteiger partial charge in [0.05, 0.1) is 4.90 Å². The van der Waals surface area contributed by atoms with Gasteiger partial charge in [0.15, 0.2) is 0 Å². The molecule has 1 aromatic carbocycles. The lowest BCUT2D eigenvalue weighted by Crippen LogP contribution is -2.42. The molecule has 2 fully saturated rings. The molecule has 2 aliphatic rings.